The molecule has 260 valence electrons. The van der Waals surface area contributed by atoms with E-state index in [1.807, 2.05) is 13.8 Å². The lowest BCUT2D eigenvalue weighted by Gasteiger charge is -2.16. The highest BCUT2D eigenvalue weighted by Gasteiger charge is 2.16. The van der Waals surface area contributed by atoms with Gasteiger partial charge in [-0.1, -0.05) is 39.8 Å². The van der Waals surface area contributed by atoms with Gasteiger partial charge in [-0.3, -0.25) is 0 Å². The molecule has 49 heavy (non-hydrogen) atoms. The average Bonchev–Trinajstić information content (AvgIpc) is 3.10. The molecule has 3 aromatic carbocycles. The number of benzene rings is 3. The van der Waals surface area contributed by atoms with Gasteiger partial charge in [0.15, 0.2) is 0 Å². The molecular formula is C39H44O10. The van der Waals surface area contributed by atoms with Crippen LogP contribution in [-0.2, 0) is 19.1 Å². The zero-order chi connectivity index (χ0) is 35.6. The first-order chi connectivity index (χ1) is 23.6. The maximum atomic E-state index is 12.8. The van der Waals surface area contributed by atoms with Gasteiger partial charge in [-0.2, -0.15) is 0 Å². The summed E-state index contributed by atoms with van der Waals surface area (Å²) < 4.78 is 33.3. The highest BCUT2D eigenvalue weighted by molar-refractivity contribution is 5.92. The van der Waals surface area contributed by atoms with Crippen LogP contribution in [0.15, 0.2) is 92.0 Å². The monoisotopic (exact) mass is 672 g/mol. The van der Waals surface area contributed by atoms with Crippen molar-refractivity contribution in [2.45, 2.75) is 71.5 Å². The van der Waals surface area contributed by atoms with Gasteiger partial charge in [0, 0.05) is 25.0 Å². The SMILES string of the molecule is C=CC(=O)OC(CCC)CCOc1ccc(C(=O)Oc2ccc(OC(=O)c3ccc(OCCC(CCC)OC(=O)C=C)cc3)c(C)c2)cc1. The second kappa shape index (κ2) is 20.1. The lowest BCUT2D eigenvalue weighted by molar-refractivity contribution is -0.144. The molecular weight excluding hydrogens is 628 g/mol. The van der Waals surface area contributed by atoms with Crippen LogP contribution in [0.5, 0.6) is 23.0 Å². The number of esters is 4. The molecule has 0 aliphatic rings. The fourth-order valence-corrected chi connectivity index (χ4v) is 4.71. The molecule has 3 rings (SSSR count). The highest BCUT2D eigenvalue weighted by Crippen LogP contribution is 2.26. The van der Waals surface area contributed by atoms with E-state index in [2.05, 4.69) is 13.2 Å². The lowest BCUT2D eigenvalue weighted by Crippen LogP contribution is -2.19. The maximum Gasteiger partial charge on any atom is 0.343 e. The number of hydrogen-bond donors (Lipinski definition) is 0. The van der Waals surface area contributed by atoms with Crippen molar-refractivity contribution in [2.75, 3.05) is 13.2 Å². The molecule has 2 atom stereocenters. The quantitative estimate of drug-likeness (QED) is 0.0668. The van der Waals surface area contributed by atoms with Crippen LogP contribution >= 0.6 is 0 Å². The summed E-state index contributed by atoms with van der Waals surface area (Å²) in [5.74, 6) is -0.285. The predicted molar refractivity (Wildman–Crippen MR) is 184 cm³/mol. The normalized spacial score (nSPS) is 11.7. The summed E-state index contributed by atoms with van der Waals surface area (Å²) >= 11 is 0. The standard InChI is InChI=1S/C39H44O10/c1-6-10-32(46-36(40)8-3)22-24-44-30-16-12-28(13-17-30)38(42)48-34-20-21-35(27(5)26-34)49-39(43)29-14-18-31(19-15-29)45-25-23-33(11-7-2)47-37(41)9-4/h8-9,12-21,26,32-33H,3-4,6-7,10-11,22-25H2,1-2,5H3. The van der Waals surface area contributed by atoms with Crippen LogP contribution in [-0.4, -0.2) is 49.3 Å². The van der Waals surface area contributed by atoms with Crippen LogP contribution in [0.2, 0.25) is 0 Å². The first-order valence-corrected chi connectivity index (χ1v) is 16.3. The van der Waals surface area contributed by atoms with Crippen molar-refractivity contribution in [3.05, 3.63) is 109 Å². The molecule has 0 aromatic heterocycles. The lowest BCUT2D eigenvalue weighted by atomic mass is 10.1. The molecule has 0 radical (unpaired) electrons. The Hall–Kier alpha value is -5.38. The number of ether oxygens (including phenoxy) is 6. The minimum Gasteiger partial charge on any atom is -0.493 e. The molecule has 0 heterocycles. The molecule has 0 saturated heterocycles. The third-order valence-corrected chi connectivity index (χ3v) is 7.28. The van der Waals surface area contributed by atoms with E-state index in [4.69, 9.17) is 28.4 Å². The largest absolute Gasteiger partial charge is 0.493 e. The molecule has 0 bridgehead atoms. The molecule has 2 unspecified atom stereocenters. The van der Waals surface area contributed by atoms with Crippen LogP contribution in [0.25, 0.3) is 0 Å². The Balaban J connectivity index is 1.48. The Bertz CT molecular complexity index is 1560. The summed E-state index contributed by atoms with van der Waals surface area (Å²) in [7, 11) is 0. The minimum absolute atomic E-state index is 0.256. The zero-order valence-electron chi connectivity index (χ0n) is 28.3. The van der Waals surface area contributed by atoms with Gasteiger partial charge in [-0.15, -0.1) is 0 Å². The van der Waals surface area contributed by atoms with Crippen molar-refractivity contribution < 1.29 is 47.6 Å². The Morgan fingerprint density at radius 3 is 1.45 bits per heavy atom. The summed E-state index contributed by atoms with van der Waals surface area (Å²) in [6.45, 7) is 13.3. The zero-order valence-corrected chi connectivity index (χ0v) is 28.3. The van der Waals surface area contributed by atoms with Crippen molar-refractivity contribution in [3.63, 3.8) is 0 Å². The first kappa shape index (κ1) is 38.1. The molecule has 0 amide bonds. The van der Waals surface area contributed by atoms with E-state index in [0.717, 1.165) is 37.8 Å². The molecule has 0 saturated carbocycles. The summed E-state index contributed by atoms with van der Waals surface area (Å²) in [6, 6.07) is 17.8. The number of aryl methyl sites for hydroxylation is 1. The van der Waals surface area contributed by atoms with Crippen molar-refractivity contribution >= 4 is 23.9 Å². The fourth-order valence-electron chi connectivity index (χ4n) is 4.71. The Morgan fingerprint density at radius 1 is 0.612 bits per heavy atom. The van der Waals surface area contributed by atoms with Crippen LogP contribution in [0.4, 0.5) is 0 Å². The number of carbonyl (C=O) groups excluding carboxylic acids is 4. The number of rotatable bonds is 20. The topological polar surface area (TPSA) is 124 Å². The Morgan fingerprint density at radius 2 is 1.04 bits per heavy atom. The molecule has 10 heteroatoms. The summed E-state index contributed by atoms with van der Waals surface area (Å²) in [5.41, 5.74) is 1.25. The van der Waals surface area contributed by atoms with E-state index in [9.17, 15) is 19.2 Å². The van der Waals surface area contributed by atoms with E-state index >= 15 is 0 Å². The van der Waals surface area contributed by atoms with Crippen LogP contribution in [0.3, 0.4) is 0 Å². The van der Waals surface area contributed by atoms with Gasteiger partial charge in [-0.05, 0) is 92.1 Å². The van der Waals surface area contributed by atoms with Crippen molar-refractivity contribution in [1.29, 1.82) is 0 Å². The summed E-state index contributed by atoms with van der Waals surface area (Å²) in [6.07, 6.45) is 6.02. The summed E-state index contributed by atoms with van der Waals surface area (Å²) in [5, 5.41) is 0. The van der Waals surface area contributed by atoms with E-state index in [0.29, 0.717) is 65.7 Å². The van der Waals surface area contributed by atoms with Gasteiger partial charge >= 0.3 is 23.9 Å². The van der Waals surface area contributed by atoms with Gasteiger partial charge < -0.3 is 28.4 Å². The molecule has 0 fully saturated rings. The van der Waals surface area contributed by atoms with Crippen LogP contribution < -0.4 is 18.9 Å². The van der Waals surface area contributed by atoms with Gasteiger partial charge in [-0.25, -0.2) is 19.2 Å². The van der Waals surface area contributed by atoms with E-state index in [1.165, 1.54) is 0 Å². The van der Waals surface area contributed by atoms with Gasteiger partial charge in [0.1, 0.15) is 35.2 Å². The Kier molecular flexibility index (Phi) is 15.6. The smallest absolute Gasteiger partial charge is 0.343 e. The maximum absolute atomic E-state index is 12.8. The second-order valence-electron chi connectivity index (χ2n) is 11.1. The minimum atomic E-state index is -0.559. The number of hydrogen-bond acceptors (Lipinski definition) is 10. The molecule has 0 aliphatic heterocycles. The van der Waals surface area contributed by atoms with Crippen molar-refractivity contribution in [2.24, 2.45) is 0 Å². The number of carbonyl (C=O) groups is 4. The van der Waals surface area contributed by atoms with E-state index in [-0.39, 0.29) is 12.2 Å². The molecule has 10 nitrogen and oxygen atoms in total. The van der Waals surface area contributed by atoms with E-state index in [1.54, 1.807) is 73.7 Å². The third kappa shape index (κ3) is 13.0. The first-order valence-electron chi connectivity index (χ1n) is 16.3. The highest BCUT2D eigenvalue weighted by atomic mass is 16.6. The van der Waals surface area contributed by atoms with Crippen LogP contribution in [0, 0.1) is 6.92 Å². The Labute approximate surface area is 287 Å². The van der Waals surface area contributed by atoms with Crippen molar-refractivity contribution in [1.82, 2.24) is 0 Å². The molecule has 0 N–H and O–H groups in total. The van der Waals surface area contributed by atoms with Gasteiger partial charge in [0.05, 0.1) is 24.3 Å². The summed E-state index contributed by atoms with van der Waals surface area (Å²) in [4.78, 5) is 48.6. The van der Waals surface area contributed by atoms with Gasteiger partial charge in [0.2, 0.25) is 0 Å². The molecule has 3 aromatic rings. The molecule has 0 aliphatic carbocycles. The third-order valence-electron chi connectivity index (χ3n) is 7.28. The molecule has 0 spiro atoms. The van der Waals surface area contributed by atoms with Gasteiger partial charge in [0.25, 0.3) is 0 Å². The fraction of sp³-hybridized carbons (Fsp3) is 0.333. The van der Waals surface area contributed by atoms with Crippen molar-refractivity contribution in [3.8, 4) is 23.0 Å². The van der Waals surface area contributed by atoms with E-state index < -0.39 is 23.9 Å². The van der Waals surface area contributed by atoms with Crippen LogP contribution in [0.1, 0.15) is 78.7 Å². The second-order valence-corrected chi connectivity index (χ2v) is 11.1. The average molecular weight is 673 g/mol. The predicted octanol–water partition coefficient (Wildman–Crippen LogP) is 7.77.